The molecule has 0 saturated heterocycles. The van der Waals surface area contributed by atoms with Gasteiger partial charge >= 0.3 is 0 Å². The van der Waals surface area contributed by atoms with Crippen LogP contribution >= 0.6 is 0 Å². The van der Waals surface area contributed by atoms with Gasteiger partial charge in [-0.25, -0.2) is 9.55 Å². The molecule has 0 aliphatic heterocycles. The highest BCUT2D eigenvalue weighted by Crippen LogP contribution is 2.20. The molecular formula is C21H20N3O+. The molecule has 0 spiro atoms. The van der Waals surface area contributed by atoms with Crippen LogP contribution in [0.15, 0.2) is 78.9 Å². The highest BCUT2D eigenvalue weighted by atomic mass is 16.5. The van der Waals surface area contributed by atoms with Gasteiger partial charge in [-0.05, 0) is 48.5 Å². The van der Waals surface area contributed by atoms with Gasteiger partial charge in [0.05, 0.1) is 5.56 Å². The molecule has 1 heterocycles. The van der Waals surface area contributed by atoms with E-state index in [0.717, 1.165) is 40.4 Å². The summed E-state index contributed by atoms with van der Waals surface area (Å²) in [6.07, 6.45) is 0. The molecule has 0 unspecified atom stereocenters. The third-order valence-corrected chi connectivity index (χ3v) is 4.23. The smallest absolute Gasteiger partial charge is 0.287 e. The maximum absolute atomic E-state index is 5.88. The molecule has 124 valence electrons. The Morgan fingerprint density at radius 2 is 1.56 bits per heavy atom. The number of nitrogens with one attached hydrogen (secondary N) is 1. The third kappa shape index (κ3) is 3.19. The molecule has 0 aliphatic rings. The predicted molar refractivity (Wildman–Crippen MR) is 100 cm³/mol. The zero-order valence-electron chi connectivity index (χ0n) is 13.9. The fourth-order valence-electron chi connectivity index (χ4n) is 3.00. The molecule has 25 heavy (non-hydrogen) atoms. The van der Waals surface area contributed by atoms with Crippen LogP contribution in [0.2, 0.25) is 0 Å². The van der Waals surface area contributed by atoms with Crippen molar-refractivity contribution in [2.24, 2.45) is 0 Å². The fraction of sp³-hybridized carbons (Fsp3) is 0.0952. The number of H-pyrrole nitrogens is 1. The topological polar surface area (TPSA) is 54.9 Å². The van der Waals surface area contributed by atoms with Gasteiger partial charge in [0, 0.05) is 5.69 Å². The van der Waals surface area contributed by atoms with E-state index >= 15 is 0 Å². The molecule has 0 fully saturated rings. The molecule has 3 N–H and O–H groups in total. The average Bonchev–Trinajstić information content (AvgIpc) is 3.02. The monoisotopic (exact) mass is 330 g/mol. The minimum absolute atomic E-state index is 0.596. The minimum Gasteiger partial charge on any atom is -0.489 e. The Hall–Kier alpha value is -3.27. The molecule has 0 aliphatic carbocycles. The molecule has 0 radical (unpaired) electrons. The molecule has 0 amide bonds. The number of hydrogen-bond acceptors (Lipinski definition) is 2. The van der Waals surface area contributed by atoms with E-state index in [-0.39, 0.29) is 0 Å². The second kappa shape index (κ2) is 6.69. The van der Waals surface area contributed by atoms with E-state index in [1.165, 1.54) is 0 Å². The summed E-state index contributed by atoms with van der Waals surface area (Å²) in [7, 11) is 0. The van der Waals surface area contributed by atoms with E-state index < -0.39 is 0 Å². The number of ether oxygens (including phenoxy) is 1. The lowest BCUT2D eigenvalue weighted by Crippen LogP contribution is -2.38. The Morgan fingerprint density at radius 1 is 0.840 bits per heavy atom. The summed E-state index contributed by atoms with van der Waals surface area (Å²) < 4.78 is 8.14. The minimum atomic E-state index is 0.596. The molecular weight excluding hydrogens is 310 g/mol. The van der Waals surface area contributed by atoms with Crippen LogP contribution in [0.25, 0.3) is 22.4 Å². The first-order chi connectivity index (χ1) is 12.3. The van der Waals surface area contributed by atoms with Gasteiger partial charge in [0.1, 0.15) is 18.9 Å². The standard InChI is InChI=1S/C21H19N3O/c22-17-12-10-16(11-13-17)21-23-19-8-4-5-9-20(19)24(21)14-15-25-18-6-2-1-3-7-18/h1-13H,14-15H2,(H2,22,23)/p+1. The summed E-state index contributed by atoms with van der Waals surface area (Å²) in [5.41, 5.74) is 9.95. The second-order valence-electron chi connectivity index (χ2n) is 5.93. The van der Waals surface area contributed by atoms with Crippen molar-refractivity contribution in [3.05, 3.63) is 78.9 Å². The Kier molecular flexibility index (Phi) is 4.09. The first-order valence-electron chi connectivity index (χ1n) is 8.35. The maximum Gasteiger partial charge on any atom is 0.287 e. The van der Waals surface area contributed by atoms with Gasteiger partial charge in [-0.3, -0.25) is 0 Å². The van der Waals surface area contributed by atoms with Gasteiger partial charge < -0.3 is 10.5 Å². The van der Waals surface area contributed by atoms with Gasteiger partial charge in [-0.1, -0.05) is 30.3 Å². The number of aromatic amines is 1. The van der Waals surface area contributed by atoms with Gasteiger partial charge in [0.25, 0.3) is 5.82 Å². The molecule has 4 aromatic rings. The highest BCUT2D eigenvalue weighted by molar-refractivity contribution is 5.74. The van der Waals surface area contributed by atoms with Crippen LogP contribution in [-0.2, 0) is 6.54 Å². The maximum atomic E-state index is 5.88. The van der Waals surface area contributed by atoms with E-state index in [2.05, 4.69) is 27.8 Å². The lowest BCUT2D eigenvalue weighted by molar-refractivity contribution is -0.660. The molecule has 4 heteroatoms. The van der Waals surface area contributed by atoms with Crippen LogP contribution in [0.3, 0.4) is 0 Å². The van der Waals surface area contributed by atoms with E-state index in [9.17, 15) is 0 Å². The van der Waals surface area contributed by atoms with Crippen molar-refractivity contribution >= 4 is 16.7 Å². The Labute approximate surface area is 146 Å². The van der Waals surface area contributed by atoms with Crippen molar-refractivity contribution < 1.29 is 9.30 Å². The molecule has 3 aromatic carbocycles. The lowest BCUT2D eigenvalue weighted by Gasteiger charge is -2.06. The number of para-hydroxylation sites is 3. The number of nitrogens with zero attached hydrogens (tertiary/aromatic N) is 1. The number of aromatic nitrogens is 2. The lowest BCUT2D eigenvalue weighted by atomic mass is 10.2. The predicted octanol–water partition coefficient (Wildman–Crippen LogP) is 3.78. The molecule has 4 rings (SSSR count). The van der Waals surface area contributed by atoms with Crippen LogP contribution in [0.1, 0.15) is 0 Å². The van der Waals surface area contributed by atoms with Crippen LogP contribution < -0.4 is 15.0 Å². The zero-order chi connectivity index (χ0) is 17.1. The van der Waals surface area contributed by atoms with Crippen molar-refractivity contribution in [3.8, 4) is 17.1 Å². The summed E-state index contributed by atoms with van der Waals surface area (Å²) in [6.45, 7) is 1.34. The van der Waals surface area contributed by atoms with Crippen molar-refractivity contribution in [2.75, 3.05) is 12.3 Å². The molecule has 4 nitrogen and oxygen atoms in total. The highest BCUT2D eigenvalue weighted by Gasteiger charge is 2.19. The van der Waals surface area contributed by atoms with Gasteiger partial charge in [-0.15, -0.1) is 0 Å². The Bertz CT molecular complexity index is 975. The number of nitrogen functional groups attached to an aromatic ring is 1. The summed E-state index contributed by atoms with van der Waals surface area (Å²) in [4.78, 5) is 3.52. The fourth-order valence-corrected chi connectivity index (χ4v) is 3.00. The summed E-state index contributed by atoms with van der Waals surface area (Å²) in [5.74, 6) is 1.94. The van der Waals surface area contributed by atoms with E-state index in [4.69, 9.17) is 10.5 Å². The van der Waals surface area contributed by atoms with Crippen LogP contribution in [-0.4, -0.2) is 11.6 Å². The van der Waals surface area contributed by atoms with Gasteiger partial charge in [-0.2, -0.15) is 0 Å². The van der Waals surface area contributed by atoms with E-state index in [1.54, 1.807) is 0 Å². The molecule has 1 aromatic heterocycles. The van der Waals surface area contributed by atoms with Gasteiger partial charge in [0.15, 0.2) is 11.0 Å². The van der Waals surface area contributed by atoms with Crippen LogP contribution in [0, 0.1) is 0 Å². The first kappa shape index (κ1) is 15.3. The zero-order valence-corrected chi connectivity index (χ0v) is 13.9. The van der Waals surface area contributed by atoms with Crippen molar-refractivity contribution in [1.29, 1.82) is 0 Å². The van der Waals surface area contributed by atoms with E-state index in [0.29, 0.717) is 6.61 Å². The quantitative estimate of drug-likeness (QED) is 0.432. The van der Waals surface area contributed by atoms with Crippen molar-refractivity contribution in [1.82, 2.24) is 4.98 Å². The normalized spacial score (nSPS) is 10.9. The number of anilines is 1. The third-order valence-electron chi connectivity index (χ3n) is 4.23. The summed E-state index contributed by atoms with van der Waals surface area (Å²) >= 11 is 0. The van der Waals surface area contributed by atoms with Crippen LogP contribution in [0.5, 0.6) is 5.75 Å². The second-order valence-corrected chi connectivity index (χ2v) is 5.93. The Morgan fingerprint density at radius 3 is 2.36 bits per heavy atom. The molecule has 0 bridgehead atoms. The van der Waals surface area contributed by atoms with Crippen molar-refractivity contribution in [3.63, 3.8) is 0 Å². The van der Waals surface area contributed by atoms with E-state index in [1.807, 2.05) is 60.7 Å². The number of rotatable bonds is 5. The van der Waals surface area contributed by atoms with Gasteiger partial charge in [0.2, 0.25) is 0 Å². The number of nitrogens with two attached hydrogens (primary N) is 1. The number of hydrogen-bond donors (Lipinski definition) is 2. The Balaban J connectivity index is 1.66. The molecule has 0 atom stereocenters. The number of benzene rings is 3. The van der Waals surface area contributed by atoms with Crippen molar-refractivity contribution in [2.45, 2.75) is 6.54 Å². The number of fused-ring (bicyclic) bond motifs is 1. The summed E-state index contributed by atoms with van der Waals surface area (Å²) in [6, 6.07) is 26.1. The average molecular weight is 330 g/mol. The van der Waals surface area contributed by atoms with Crippen LogP contribution in [0.4, 0.5) is 5.69 Å². The first-order valence-corrected chi connectivity index (χ1v) is 8.35. The SMILES string of the molecule is Nc1ccc(-c2[nH]c3ccccc3[n+]2CCOc2ccccc2)cc1. The molecule has 0 saturated carbocycles. The number of imidazole rings is 1. The largest absolute Gasteiger partial charge is 0.489 e. The summed E-state index contributed by atoms with van der Waals surface area (Å²) in [5, 5.41) is 0.